The van der Waals surface area contributed by atoms with E-state index in [2.05, 4.69) is 31.3 Å². The standard InChI is InChI=1S/C54H105NO8/c1-3-5-7-9-11-13-15-17-18-19-20-21-22-23-24-25-26-27-28-29-30-32-34-36-38-40-42-44-50(58)55-47(46-62-54-53(61)52(60)51(59)49(45-56)63-54)48(57)43-41-39-37-35-33-31-16-14-12-10-8-6-4-2/h23-24,47-49,51-54,56-57,59-61H,3-22,25-46H2,1-2H3,(H,55,58)/b24-23-. The van der Waals surface area contributed by atoms with E-state index in [1.54, 1.807) is 0 Å². The number of aliphatic hydroxyl groups excluding tert-OH is 5. The van der Waals surface area contributed by atoms with Crippen LogP contribution in [0.15, 0.2) is 12.2 Å². The van der Waals surface area contributed by atoms with E-state index in [0.717, 1.165) is 38.5 Å². The van der Waals surface area contributed by atoms with Crippen LogP contribution in [0.2, 0.25) is 0 Å². The lowest BCUT2D eigenvalue weighted by molar-refractivity contribution is -0.302. The number of hydrogen-bond acceptors (Lipinski definition) is 8. The molecule has 9 heteroatoms. The monoisotopic (exact) mass is 896 g/mol. The number of unbranched alkanes of at least 4 members (excludes halogenated alkanes) is 35. The van der Waals surface area contributed by atoms with Crippen LogP contribution in [0.3, 0.4) is 0 Å². The Labute approximate surface area is 388 Å². The highest BCUT2D eigenvalue weighted by Crippen LogP contribution is 2.23. The maximum Gasteiger partial charge on any atom is 0.220 e. The Morgan fingerprint density at radius 2 is 0.889 bits per heavy atom. The molecule has 0 aliphatic carbocycles. The van der Waals surface area contributed by atoms with Crippen LogP contribution in [-0.4, -0.2) is 87.5 Å². The lowest BCUT2D eigenvalue weighted by Crippen LogP contribution is -2.60. The summed E-state index contributed by atoms with van der Waals surface area (Å²) in [6, 6.07) is -0.715. The van der Waals surface area contributed by atoms with Gasteiger partial charge in [0.2, 0.25) is 5.91 Å². The van der Waals surface area contributed by atoms with Gasteiger partial charge in [-0.15, -0.1) is 0 Å². The molecule has 0 spiro atoms. The molecule has 6 N–H and O–H groups in total. The van der Waals surface area contributed by atoms with Gasteiger partial charge in [-0.1, -0.05) is 238 Å². The van der Waals surface area contributed by atoms with E-state index in [1.807, 2.05) is 0 Å². The summed E-state index contributed by atoms with van der Waals surface area (Å²) in [4.78, 5) is 13.0. The average molecular weight is 896 g/mol. The Morgan fingerprint density at radius 3 is 1.29 bits per heavy atom. The molecule has 0 bridgehead atoms. The number of nitrogens with one attached hydrogen (secondary N) is 1. The summed E-state index contributed by atoms with van der Waals surface area (Å²) < 4.78 is 11.3. The number of carbonyl (C=O) groups is 1. The maximum absolute atomic E-state index is 13.0. The molecular formula is C54H105NO8. The Balaban J connectivity index is 2.16. The van der Waals surface area contributed by atoms with Crippen molar-refractivity contribution in [2.45, 2.75) is 314 Å². The van der Waals surface area contributed by atoms with Crippen molar-refractivity contribution in [1.29, 1.82) is 0 Å². The fourth-order valence-electron chi connectivity index (χ4n) is 8.98. The lowest BCUT2D eigenvalue weighted by Gasteiger charge is -2.40. The molecule has 0 aromatic rings. The van der Waals surface area contributed by atoms with Crippen molar-refractivity contribution in [3.05, 3.63) is 12.2 Å². The number of aliphatic hydroxyl groups is 5. The molecule has 0 aromatic heterocycles. The highest BCUT2D eigenvalue weighted by Gasteiger charge is 2.44. The average Bonchev–Trinajstić information content (AvgIpc) is 3.28. The van der Waals surface area contributed by atoms with Crippen molar-refractivity contribution >= 4 is 5.91 Å². The van der Waals surface area contributed by atoms with Gasteiger partial charge in [0.25, 0.3) is 0 Å². The van der Waals surface area contributed by atoms with Crippen LogP contribution in [0, 0.1) is 0 Å². The quantitative estimate of drug-likeness (QED) is 0.0261. The smallest absolute Gasteiger partial charge is 0.220 e. The molecule has 0 radical (unpaired) electrons. The first-order valence-electron chi connectivity index (χ1n) is 27.4. The first-order chi connectivity index (χ1) is 30.8. The summed E-state index contributed by atoms with van der Waals surface area (Å²) in [6.45, 7) is 3.86. The molecule has 1 aliphatic heterocycles. The minimum atomic E-state index is -1.55. The summed E-state index contributed by atoms with van der Waals surface area (Å²) >= 11 is 0. The van der Waals surface area contributed by atoms with E-state index in [-0.39, 0.29) is 12.5 Å². The molecule has 7 atom stereocenters. The molecule has 7 unspecified atom stereocenters. The summed E-state index contributed by atoms with van der Waals surface area (Å²) in [5.74, 6) is -0.142. The van der Waals surface area contributed by atoms with Crippen LogP contribution in [-0.2, 0) is 14.3 Å². The van der Waals surface area contributed by atoms with Crippen molar-refractivity contribution < 1.29 is 39.8 Å². The third-order valence-electron chi connectivity index (χ3n) is 13.4. The lowest BCUT2D eigenvalue weighted by atomic mass is 9.99. The molecule has 0 aromatic carbocycles. The van der Waals surface area contributed by atoms with Crippen molar-refractivity contribution in [2.24, 2.45) is 0 Å². The Morgan fingerprint density at radius 1 is 0.524 bits per heavy atom. The van der Waals surface area contributed by atoms with Crippen molar-refractivity contribution in [3.8, 4) is 0 Å². The van der Waals surface area contributed by atoms with E-state index < -0.39 is 49.5 Å². The third-order valence-corrected chi connectivity index (χ3v) is 13.4. The van der Waals surface area contributed by atoms with Crippen LogP contribution >= 0.6 is 0 Å². The Hall–Kier alpha value is -1.07. The van der Waals surface area contributed by atoms with Crippen molar-refractivity contribution in [1.82, 2.24) is 5.32 Å². The number of ether oxygens (including phenoxy) is 2. The molecule has 1 saturated heterocycles. The molecule has 0 saturated carbocycles. The van der Waals surface area contributed by atoms with Gasteiger partial charge in [-0.05, 0) is 38.5 Å². The van der Waals surface area contributed by atoms with Gasteiger partial charge < -0.3 is 40.3 Å². The summed E-state index contributed by atoms with van der Waals surface area (Å²) in [6.07, 6.45) is 46.7. The highest BCUT2D eigenvalue weighted by molar-refractivity contribution is 5.76. The maximum atomic E-state index is 13.0. The molecule has 1 heterocycles. The zero-order valence-electron chi connectivity index (χ0n) is 41.4. The van der Waals surface area contributed by atoms with E-state index in [0.29, 0.717) is 12.8 Å². The molecule has 1 amide bonds. The minimum absolute atomic E-state index is 0.134. The van der Waals surface area contributed by atoms with E-state index >= 15 is 0 Å². The van der Waals surface area contributed by atoms with E-state index in [1.165, 1.54) is 205 Å². The number of rotatable bonds is 47. The predicted molar refractivity (Wildman–Crippen MR) is 263 cm³/mol. The number of hydrogen-bond donors (Lipinski definition) is 6. The number of allylic oxidation sites excluding steroid dienone is 2. The van der Waals surface area contributed by atoms with Gasteiger partial charge in [0.1, 0.15) is 24.4 Å². The van der Waals surface area contributed by atoms with Crippen LogP contribution < -0.4 is 5.32 Å². The van der Waals surface area contributed by atoms with Gasteiger partial charge in [-0.2, -0.15) is 0 Å². The highest BCUT2D eigenvalue weighted by atomic mass is 16.7. The molecule has 1 fully saturated rings. The molecule has 374 valence electrons. The normalized spacial score (nSPS) is 20.1. The minimum Gasteiger partial charge on any atom is -0.394 e. The van der Waals surface area contributed by atoms with Gasteiger partial charge in [0.15, 0.2) is 6.29 Å². The van der Waals surface area contributed by atoms with Gasteiger partial charge >= 0.3 is 0 Å². The van der Waals surface area contributed by atoms with E-state index in [4.69, 9.17) is 9.47 Å². The van der Waals surface area contributed by atoms with Crippen LogP contribution in [0.1, 0.15) is 271 Å². The fraction of sp³-hybridized carbons (Fsp3) is 0.944. The topological polar surface area (TPSA) is 149 Å². The van der Waals surface area contributed by atoms with Crippen LogP contribution in [0.5, 0.6) is 0 Å². The van der Waals surface area contributed by atoms with Crippen molar-refractivity contribution in [2.75, 3.05) is 13.2 Å². The second-order valence-corrected chi connectivity index (χ2v) is 19.4. The SMILES string of the molecule is CCCCCCCCCCCCCC/C=C\CCCCCCCCCCCCCC(=O)NC(COC1OC(CO)C(O)C(O)C1O)C(O)CCCCCCCCCCCCCCC. The van der Waals surface area contributed by atoms with Gasteiger partial charge in [-0.25, -0.2) is 0 Å². The summed E-state index contributed by atoms with van der Waals surface area (Å²) in [5, 5.41) is 54.5. The summed E-state index contributed by atoms with van der Waals surface area (Å²) in [7, 11) is 0. The molecule has 1 rings (SSSR count). The molecular weight excluding hydrogens is 791 g/mol. The second kappa shape index (κ2) is 44.7. The third kappa shape index (κ3) is 34.8. The largest absolute Gasteiger partial charge is 0.394 e. The number of carbonyl (C=O) groups excluding carboxylic acids is 1. The van der Waals surface area contributed by atoms with Crippen LogP contribution in [0.4, 0.5) is 0 Å². The van der Waals surface area contributed by atoms with Crippen molar-refractivity contribution in [3.63, 3.8) is 0 Å². The Kier molecular flexibility index (Phi) is 42.6. The second-order valence-electron chi connectivity index (χ2n) is 19.4. The number of amides is 1. The predicted octanol–water partition coefficient (Wildman–Crippen LogP) is 12.8. The van der Waals surface area contributed by atoms with E-state index in [9.17, 15) is 30.3 Å². The molecule has 1 aliphatic rings. The zero-order chi connectivity index (χ0) is 45.9. The van der Waals surface area contributed by atoms with Gasteiger partial charge in [0, 0.05) is 6.42 Å². The molecule has 9 nitrogen and oxygen atoms in total. The van der Waals surface area contributed by atoms with Crippen LogP contribution in [0.25, 0.3) is 0 Å². The van der Waals surface area contributed by atoms with Gasteiger partial charge in [0.05, 0.1) is 25.4 Å². The Bertz CT molecular complexity index is 997. The fourth-order valence-corrected chi connectivity index (χ4v) is 8.98. The molecule has 63 heavy (non-hydrogen) atoms. The van der Waals surface area contributed by atoms with Gasteiger partial charge in [-0.3, -0.25) is 4.79 Å². The first-order valence-corrected chi connectivity index (χ1v) is 27.4. The first kappa shape index (κ1) is 59.9. The summed E-state index contributed by atoms with van der Waals surface area (Å²) in [5.41, 5.74) is 0. The zero-order valence-corrected chi connectivity index (χ0v) is 41.4.